The van der Waals surface area contributed by atoms with E-state index in [1.54, 1.807) is 12.1 Å². The molecular formula is C18H18O2. The highest BCUT2D eigenvalue weighted by molar-refractivity contribution is 6.09. The predicted molar refractivity (Wildman–Crippen MR) is 82.1 cm³/mol. The standard InChI is InChI=1S/C18H18O2/c1-12-4-6-15(7-5-12)8-9-16(19)18-14(3)10-13(2)11-17(18)20/h4-11,20H,1-3H3/b9-8+. The van der Waals surface area contributed by atoms with Gasteiger partial charge in [0.1, 0.15) is 5.75 Å². The number of phenols is 1. The fourth-order valence-corrected chi connectivity index (χ4v) is 2.20. The molecule has 0 spiro atoms. The molecule has 0 atom stereocenters. The van der Waals surface area contributed by atoms with Crippen LogP contribution in [0.15, 0.2) is 42.5 Å². The van der Waals surface area contributed by atoms with Crippen LogP contribution in [-0.4, -0.2) is 10.9 Å². The molecule has 2 aromatic carbocycles. The lowest BCUT2D eigenvalue weighted by Gasteiger charge is -2.06. The molecular weight excluding hydrogens is 248 g/mol. The Labute approximate surface area is 119 Å². The summed E-state index contributed by atoms with van der Waals surface area (Å²) in [4.78, 5) is 12.2. The van der Waals surface area contributed by atoms with Crippen LogP contribution in [0.2, 0.25) is 0 Å². The zero-order valence-corrected chi connectivity index (χ0v) is 12.0. The number of benzene rings is 2. The highest BCUT2D eigenvalue weighted by Crippen LogP contribution is 2.24. The van der Waals surface area contributed by atoms with Gasteiger partial charge < -0.3 is 5.11 Å². The van der Waals surface area contributed by atoms with E-state index in [4.69, 9.17) is 0 Å². The van der Waals surface area contributed by atoms with Gasteiger partial charge in [-0.15, -0.1) is 0 Å². The van der Waals surface area contributed by atoms with Gasteiger partial charge in [-0.1, -0.05) is 42.0 Å². The van der Waals surface area contributed by atoms with E-state index in [2.05, 4.69) is 0 Å². The van der Waals surface area contributed by atoms with Crippen molar-refractivity contribution in [2.45, 2.75) is 20.8 Å². The average Bonchev–Trinajstić information content (AvgIpc) is 2.37. The quantitative estimate of drug-likeness (QED) is 0.667. The van der Waals surface area contributed by atoms with Gasteiger partial charge in [-0.25, -0.2) is 0 Å². The fraction of sp³-hybridized carbons (Fsp3) is 0.167. The number of rotatable bonds is 3. The van der Waals surface area contributed by atoms with Gasteiger partial charge >= 0.3 is 0 Å². The molecule has 0 unspecified atom stereocenters. The van der Waals surface area contributed by atoms with Gasteiger partial charge in [0.05, 0.1) is 5.56 Å². The largest absolute Gasteiger partial charge is 0.507 e. The molecule has 0 saturated carbocycles. The topological polar surface area (TPSA) is 37.3 Å². The summed E-state index contributed by atoms with van der Waals surface area (Å²) in [6.45, 7) is 5.75. The highest BCUT2D eigenvalue weighted by atomic mass is 16.3. The molecule has 0 heterocycles. The summed E-state index contributed by atoms with van der Waals surface area (Å²) in [6.07, 6.45) is 3.27. The van der Waals surface area contributed by atoms with Crippen molar-refractivity contribution in [3.63, 3.8) is 0 Å². The first-order valence-corrected chi connectivity index (χ1v) is 6.56. The summed E-state index contributed by atoms with van der Waals surface area (Å²) in [5.41, 5.74) is 4.26. The van der Waals surface area contributed by atoms with Crippen molar-refractivity contribution in [3.8, 4) is 5.75 Å². The predicted octanol–water partition coefficient (Wildman–Crippen LogP) is 4.21. The van der Waals surface area contributed by atoms with Crippen LogP contribution >= 0.6 is 0 Å². The first-order chi connectivity index (χ1) is 9.47. The van der Waals surface area contributed by atoms with Gasteiger partial charge in [0.25, 0.3) is 0 Å². The van der Waals surface area contributed by atoms with Crippen LogP contribution in [0.25, 0.3) is 6.08 Å². The molecule has 0 bridgehead atoms. The van der Waals surface area contributed by atoms with E-state index in [1.165, 1.54) is 11.6 Å². The first kappa shape index (κ1) is 14.1. The summed E-state index contributed by atoms with van der Waals surface area (Å²) >= 11 is 0. The molecule has 0 aliphatic heterocycles. The van der Waals surface area contributed by atoms with Gasteiger partial charge in [0.15, 0.2) is 5.78 Å². The summed E-state index contributed by atoms with van der Waals surface area (Å²) < 4.78 is 0. The molecule has 0 radical (unpaired) electrons. The monoisotopic (exact) mass is 266 g/mol. The molecule has 1 N–H and O–H groups in total. The lowest BCUT2D eigenvalue weighted by molar-refractivity contribution is 0.104. The third-order valence-corrected chi connectivity index (χ3v) is 3.21. The number of aryl methyl sites for hydroxylation is 3. The Kier molecular flexibility index (Phi) is 4.04. The zero-order valence-electron chi connectivity index (χ0n) is 12.0. The molecule has 102 valence electrons. The van der Waals surface area contributed by atoms with Crippen molar-refractivity contribution in [3.05, 3.63) is 70.3 Å². The van der Waals surface area contributed by atoms with Crippen molar-refractivity contribution in [2.24, 2.45) is 0 Å². The van der Waals surface area contributed by atoms with Gasteiger partial charge in [-0.05, 0) is 49.6 Å². The van der Waals surface area contributed by atoms with Crippen LogP contribution in [0.4, 0.5) is 0 Å². The van der Waals surface area contributed by atoms with Crippen LogP contribution in [0.5, 0.6) is 5.75 Å². The highest BCUT2D eigenvalue weighted by Gasteiger charge is 2.12. The minimum atomic E-state index is -0.180. The third kappa shape index (κ3) is 3.15. The number of phenolic OH excluding ortho intramolecular Hbond substituents is 1. The van der Waals surface area contributed by atoms with Crippen LogP contribution < -0.4 is 0 Å². The minimum absolute atomic E-state index is 0.0426. The number of hydrogen-bond donors (Lipinski definition) is 1. The van der Waals surface area contributed by atoms with Crippen molar-refractivity contribution >= 4 is 11.9 Å². The second-order valence-electron chi connectivity index (χ2n) is 5.08. The van der Waals surface area contributed by atoms with E-state index in [9.17, 15) is 9.90 Å². The van der Waals surface area contributed by atoms with Gasteiger partial charge in [-0.2, -0.15) is 0 Å². The maximum Gasteiger partial charge on any atom is 0.189 e. The van der Waals surface area contributed by atoms with Crippen LogP contribution in [0.1, 0.15) is 32.6 Å². The van der Waals surface area contributed by atoms with E-state index >= 15 is 0 Å². The number of aromatic hydroxyl groups is 1. The lowest BCUT2D eigenvalue weighted by Crippen LogP contribution is -1.99. The fourth-order valence-electron chi connectivity index (χ4n) is 2.20. The third-order valence-electron chi connectivity index (χ3n) is 3.21. The Morgan fingerprint density at radius 2 is 1.65 bits per heavy atom. The van der Waals surface area contributed by atoms with Crippen LogP contribution in [0, 0.1) is 20.8 Å². The average molecular weight is 266 g/mol. The van der Waals surface area contributed by atoms with Crippen molar-refractivity contribution < 1.29 is 9.90 Å². The number of ketones is 1. The Morgan fingerprint density at radius 3 is 2.25 bits per heavy atom. The number of hydrogen-bond acceptors (Lipinski definition) is 2. The van der Waals surface area contributed by atoms with Crippen LogP contribution in [-0.2, 0) is 0 Å². The van der Waals surface area contributed by atoms with Gasteiger partial charge in [0, 0.05) is 0 Å². The molecule has 0 aromatic heterocycles. The smallest absolute Gasteiger partial charge is 0.189 e. The van der Waals surface area contributed by atoms with E-state index in [-0.39, 0.29) is 11.5 Å². The molecule has 0 saturated heterocycles. The van der Waals surface area contributed by atoms with E-state index in [1.807, 2.05) is 51.1 Å². The molecule has 0 aliphatic rings. The number of carbonyl (C=O) groups is 1. The molecule has 2 nitrogen and oxygen atoms in total. The SMILES string of the molecule is Cc1ccc(/C=C/C(=O)c2c(C)cc(C)cc2O)cc1. The Hall–Kier alpha value is -2.35. The molecule has 2 rings (SSSR count). The molecule has 0 fully saturated rings. The Balaban J connectivity index is 2.26. The normalized spacial score (nSPS) is 10.9. The Morgan fingerprint density at radius 1 is 1.00 bits per heavy atom. The van der Waals surface area contributed by atoms with Crippen molar-refractivity contribution in [2.75, 3.05) is 0 Å². The molecule has 0 amide bonds. The maximum atomic E-state index is 12.2. The van der Waals surface area contributed by atoms with Gasteiger partial charge in [-0.3, -0.25) is 4.79 Å². The molecule has 20 heavy (non-hydrogen) atoms. The number of allylic oxidation sites excluding steroid dienone is 1. The molecule has 0 aliphatic carbocycles. The first-order valence-electron chi connectivity index (χ1n) is 6.56. The minimum Gasteiger partial charge on any atom is -0.507 e. The summed E-state index contributed by atoms with van der Waals surface area (Å²) in [7, 11) is 0. The van der Waals surface area contributed by atoms with Crippen LogP contribution in [0.3, 0.4) is 0 Å². The summed E-state index contributed by atoms with van der Waals surface area (Å²) in [5, 5.41) is 9.92. The number of carbonyl (C=O) groups excluding carboxylic acids is 1. The van der Waals surface area contributed by atoms with Crippen molar-refractivity contribution in [1.29, 1.82) is 0 Å². The second-order valence-corrected chi connectivity index (χ2v) is 5.08. The summed E-state index contributed by atoms with van der Waals surface area (Å²) in [5.74, 6) is -0.137. The lowest BCUT2D eigenvalue weighted by atomic mass is 10.00. The van der Waals surface area contributed by atoms with Crippen molar-refractivity contribution in [1.82, 2.24) is 0 Å². The van der Waals surface area contributed by atoms with E-state index < -0.39 is 0 Å². The Bertz CT molecular complexity index is 641. The van der Waals surface area contributed by atoms with Gasteiger partial charge in [0.2, 0.25) is 0 Å². The molecule has 2 aromatic rings. The van der Waals surface area contributed by atoms with E-state index in [0.717, 1.165) is 16.7 Å². The summed E-state index contributed by atoms with van der Waals surface area (Å²) in [6, 6.07) is 11.4. The zero-order chi connectivity index (χ0) is 14.7. The second kappa shape index (κ2) is 5.74. The van der Waals surface area contributed by atoms with E-state index in [0.29, 0.717) is 5.56 Å². The molecule has 2 heteroatoms. The maximum absolute atomic E-state index is 12.2.